The molecule has 0 heterocycles. The lowest BCUT2D eigenvalue weighted by Crippen LogP contribution is -2.23. The first-order valence-corrected chi connectivity index (χ1v) is 7.78. The highest BCUT2D eigenvalue weighted by molar-refractivity contribution is 5.99. The van der Waals surface area contributed by atoms with Crippen LogP contribution in [-0.2, 0) is 13.1 Å². The lowest BCUT2D eigenvalue weighted by Gasteiger charge is -2.08. The number of nitrogens with one attached hydrogen (secondary N) is 2. The third-order valence-electron chi connectivity index (χ3n) is 3.55. The highest BCUT2D eigenvalue weighted by atomic mass is 16.1. The van der Waals surface area contributed by atoms with E-state index in [4.69, 9.17) is 0 Å². The van der Waals surface area contributed by atoms with Crippen LogP contribution in [-0.4, -0.2) is 18.2 Å². The van der Waals surface area contributed by atoms with E-state index in [1.165, 1.54) is 12.5 Å². The summed E-state index contributed by atoms with van der Waals surface area (Å²) in [6, 6.07) is 14.9. The van der Waals surface area contributed by atoms with Crippen LogP contribution in [0.2, 0.25) is 0 Å². The Balaban J connectivity index is 1.99. The summed E-state index contributed by atoms with van der Waals surface area (Å²) in [7, 11) is 0. The second-order valence-corrected chi connectivity index (χ2v) is 5.42. The summed E-state index contributed by atoms with van der Waals surface area (Å²) in [6.45, 7) is 5.77. The van der Waals surface area contributed by atoms with E-state index in [-0.39, 0.29) is 11.7 Å². The van der Waals surface area contributed by atoms with Gasteiger partial charge in [-0.3, -0.25) is 9.59 Å². The molecule has 4 heteroatoms. The molecule has 0 saturated carbocycles. The van der Waals surface area contributed by atoms with E-state index >= 15 is 0 Å². The Morgan fingerprint density at radius 1 is 0.913 bits per heavy atom. The smallest absolute Gasteiger partial charge is 0.251 e. The molecule has 0 saturated heterocycles. The fourth-order valence-corrected chi connectivity index (χ4v) is 2.28. The third-order valence-corrected chi connectivity index (χ3v) is 3.55. The molecule has 2 aromatic rings. The van der Waals surface area contributed by atoms with Crippen molar-refractivity contribution in [3.63, 3.8) is 0 Å². The molecule has 2 N–H and O–H groups in total. The summed E-state index contributed by atoms with van der Waals surface area (Å²) >= 11 is 0. The first kappa shape index (κ1) is 16.9. The zero-order chi connectivity index (χ0) is 16.7. The molecule has 0 bridgehead atoms. The second-order valence-electron chi connectivity index (χ2n) is 5.42. The van der Waals surface area contributed by atoms with Crippen LogP contribution in [0.5, 0.6) is 0 Å². The molecule has 0 unspecified atom stereocenters. The van der Waals surface area contributed by atoms with Crippen molar-refractivity contribution in [2.75, 3.05) is 6.54 Å². The van der Waals surface area contributed by atoms with E-state index < -0.39 is 0 Å². The monoisotopic (exact) mass is 310 g/mol. The summed E-state index contributed by atoms with van der Waals surface area (Å²) in [6.07, 6.45) is 0. The van der Waals surface area contributed by atoms with Crippen molar-refractivity contribution >= 4 is 11.7 Å². The van der Waals surface area contributed by atoms with Crippen LogP contribution in [0.1, 0.15) is 45.7 Å². The maximum Gasteiger partial charge on any atom is 0.251 e. The molecule has 0 aliphatic heterocycles. The molecule has 4 nitrogen and oxygen atoms in total. The number of ketones is 1. The minimum atomic E-state index is -0.176. The van der Waals surface area contributed by atoms with Crippen LogP contribution in [0, 0.1) is 0 Å². The van der Waals surface area contributed by atoms with E-state index in [2.05, 4.69) is 29.7 Å². The van der Waals surface area contributed by atoms with Gasteiger partial charge < -0.3 is 10.6 Å². The highest BCUT2D eigenvalue weighted by Gasteiger charge is 2.08. The normalized spacial score (nSPS) is 10.3. The van der Waals surface area contributed by atoms with Crippen LogP contribution in [0.25, 0.3) is 0 Å². The zero-order valence-corrected chi connectivity index (χ0v) is 13.6. The fraction of sp³-hybridized carbons (Fsp3) is 0.263. The number of carbonyl (C=O) groups is 2. The Morgan fingerprint density at radius 3 is 2.26 bits per heavy atom. The summed E-state index contributed by atoms with van der Waals surface area (Å²) in [5.74, 6) is -0.221. The Bertz CT molecular complexity index is 695. The molecule has 0 aliphatic rings. The standard InChI is InChI=1S/C19H22N2O2/c1-3-20-12-15-6-4-7-16(10-15)13-21-19(23)18-9-5-8-17(11-18)14(2)22/h4-11,20H,3,12-13H2,1-2H3,(H,21,23). The summed E-state index contributed by atoms with van der Waals surface area (Å²) in [5.41, 5.74) is 3.29. The quantitative estimate of drug-likeness (QED) is 0.773. The van der Waals surface area contributed by atoms with Crippen molar-refractivity contribution in [1.82, 2.24) is 10.6 Å². The maximum absolute atomic E-state index is 12.2. The molecule has 120 valence electrons. The van der Waals surface area contributed by atoms with E-state index in [0.717, 1.165) is 18.7 Å². The lowest BCUT2D eigenvalue weighted by atomic mass is 10.1. The predicted molar refractivity (Wildman–Crippen MR) is 91.4 cm³/mol. The van der Waals surface area contributed by atoms with Gasteiger partial charge in [0.1, 0.15) is 0 Å². The minimum absolute atomic E-state index is 0.0456. The zero-order valence-electron chi connectivity index (χ0n) is 13.6. The maximum atomic E-state index is 12.2. The number of amides is 1. The topological polar surface area (TPSA) is 58.2 Å². The van der Waals surface area contributed by atoms with Crippen molar-refractivity contribution in [2.45, 2.75) is 26.9 Å². The number of hydrogen-bond acceptors (Lipinski definition) is 3. The van der Waals surface area contributed by atoms with Crippen molar-refractivity contribution in [3.05, 3.63) is 70.8 Å². The van der Waals surface area contributed by atoms with Gasteiger partial charge in [0.15, 0.2) is 5.78 Å². The minimum Gasteiger partial charge on any atom is -0.348 e. The Hall–Kier alpha value is -2.46. The van der Waals surface area contributed by atoms with Gasteiger partial charge in [-0.05, 0) is 36.7 Å². The highest BCUT2D eigenvalue weighted by Crippen LogP contribution is 2.08. The molecule has 2 rings (SSSR count). The Morgan fingerprint density at radius 2 is 1.57 bits per heavy atom. The van der Waals surface area contributed by atoms with Crippen molar-refractivity contribution in [2.24, 2.45) is 0 Å². The van der Waals surface area contributed by atoms with Gasteiger partial charge in [-0.1, -0.05) is 43.3 Å². The first-order chi connectivity index (χ1) is 11.1. The van der Waals surface area contributed by atoms with Crippen LogP contribution in [0.4, 0.5) is 0 Å². The van der Waals surface area contributed by atoms with Gasteiger partial charge >= 0.3 is 0 Å². The van der Waals surface area contributed by atoms with Crippen molar-refractivity contribution in [3.8, 4) is 0 Å². The van der Waals surface area contributed by atoms with Gasteiger partial charge in [0.05, 0.1) is 0 Å². The number of Topliss-reactive ketones (excluding diaryl/α,β-unsaturated/α-hetero) is 1. The molecule has 23 heavy (non-hydrogen) atoms. The van der Waals surface area contributed by atoms with Crippen molar-refractivity contribution in [1.29, 1.82) is 0 Å². The number of benzene rings is 2. The molecule has 0 spiro atoms. The SMILES string of the molecule is CCNCc1cccc(CNC(=O)c2cccc(C(C)=O)c2)c1. The number of rotatable bonds is 7. The lowest BCUT2D eigenvalue weighted by molar-refractivity contribution is 0.0951. The second kappa shape index (κ2) is 8.25. The third kappa shape index (κ3) is 5.04. The van der Waals surface area contributed by atoms with Gasteiger partial charge in [0.25, 0.3) is 5.91 Å². The molecular weight excluding hydrogens is 288 g/mol. The average molecular weight is 310 g/mol. The predicted octanol–water partition coefficient (Wildman–Crippen LogP) is 2.93. The number of hydrogen-bond donors (Lipinski definition) is 2. The Labute approximate surface area is 136 Å². The molecule has 0 aromatic heterocycles. The summed E-state index contributed by atoms with van der Waals surface area (Å²) in [4.78, 5) is 23.6. The van der Waals surface area contributed by atoms with Crippen LogP contribution >= 0.6 is 0 Å². The van der Waals surface area contributed by atoms with E-state index in [1.54, 1.807) is 24.3 Å². The molecule has 0 fully saturated rings. The van der Waals surface area contributed by atoms with E-state index in [1.807, 2.05) is 12.1 Å². The van der Waals surface area contributed by atoms with E-state index in [0.29, 0.717) is 17.7 Å². The summed E-state index contributed by atoms with van der Waals surface area (Å²) in [5, 5.41) is 6.17. The molecule has 0 radical (unpaired) electrons. The van der Waals surface area contributed by atoms with Crippen LogP contribution < -0.4 is 10.6 Å². The van der Waals surface area contributed by atoms with Crippen LogP contribution in [0.15, 0.2) is 48.5 Å². The summed E-state index contributed by atoms with van der Waals surface area (Å²) < 4.78 is 0. The fourth-order valence-electron chi connectivity index (χ4n) is 2.28. The molecule has 0 atom stereocenters. The van der Waals surface area contributed by atoms with Gasteiger partial charge in [-0.2, -0.15) is 0 Å². The van der Waals surface area contributed by atoms with E-state index in [9.17, 15) is 9.59 Å². The molecule has 2 aromatic carbocycles. The van der Waals surface area contributed by atoms with Gasteiger partial charge in [-0.25, -0.2) is 0 Å². The average Bonchev–Trinajstić information content (AvgIpc) is 2.58. The molecule has 1 amide bonds. The number of carbonyl (C=O) groups excluding carboxylic acids is 2. The van der Waals surface area contributed by atoms with Gasteiger partial charge in [-0.15, -0.1) is 0 Å². The van der Waals surface area contributed by atoms with Gasteiger partial charge in [0.2, 0.25) is 0 Å². The Kier molecular flexibility index (Phi) is 6.06. The van der Waals surface area contributed by atoms with Gasteiger partial charge in [0, 0.05) is 24.2 Å². The first-order valence-electron chi connectivity index (χ1n) is 7.78. The van der Waals surface area contributed by atoms with Crippen LogP contribution in [0.3, 0.4) is 0 Å². The molecular formula is C19H22N2O2. The largest absolute Gasteiger partial charge is 0.348 e. The molecule has 0 aliphatic carbocycles. The van der Waals surface area contributed by atoms with Crippen molar-refractivity contribution < 1.29 is 9.59 Å².